The monoisotopic (exact) mass is 1410 g/mol. The zero-order valence-corrected chi connectivity index (χ0v) is 50.8. The van der Waals surface area contributed by atoms with E-state index in [-0.39, 0.29) is 147 Å². The van der Waals surface area contributed by atoms with E-state index in [4.69, 9.17) is 28.4 Å². The third kappa shape index (κ3) is 17.1. The molecule has 82 heavy (non-hydrogen) atoms. The second-order valence-corrected chi connectivity index (χ2v) is 18.3. The van der Waals surface area contributed by atoms with Gasteiger partial charge in [-0.05, 0) is 69.8 Å². The van der Waals surface area contributed by atoms with Gasteiger partial charge in [-0.15, -0.1) is 0 Å². The Morgan fingerprint density at radius 1 is 0.341 bits per heavy atom. The fraction of sp³-hybridized carbons (Fsp3) is 0.333. The number of aliphatic imine (C=N–C) groups is 4. The largest absolute Gasteiger partial charge is 3.00 e. The van der Waals surface area contributed by atoms with Crippen molar-refractivity contribution < 1.29 is 136 Å². The van der Waals surface area contributed by atoms with Crippen molar-refractivity contribution in [1.29, 1.82) is 0 Å². The summed E-state index contributed by atoms with van der Waals surface area (Å²) in [5, 5.41) is 75.9. The van der Waals surface area contributed by atoms with Gasteiger partial charge in [-0.1, -0.05) is 107 Å². The van der Waals surface area contributed by atoms with Crippen LogP contribution in [0.1, 0.15) is 45.7 Å². The number of benzene rings is 6. The molecule has 2 heterocycles. The van der Waals surface area contributed by atoms with Gasteiger partial charge in [0.15, 0.2) is 0 Å². The van der Waals surface area contributed by atoms with Crippen LogP contribution in [0.25, 0.3) is 0 Å². The van der Waals surface area contributed by atoms with Gasteiger partial charge < -0.3 is 59.1 Å². The molecule has 2 aliphatic rings. The van der Waals surface area contributed by atoms with E-state index in [1.54, 1.807) is 110 Å². The first-order chi connectivity index (χ1) is 39.0. The first-order valence-corrected chi connectivity index (χ1v) is 26.0. The Kier molecular flexibility index (Phi) is 27.7. The molecule has 2 saturated heterocycles. The Balaban J connectivity index is 0.000000293. The average molecular weight is 1410 g/mol. The van der Waals surface area contributed by atoms with E-state index in [2.05, 4.69) is 39.6 Å². The Bertz CT molecular complexity index is 2760. The molecule has 0 saturated carbocycles. The zero-order chi connectivity index (χ0) is 57.0. The van der Waals surface area contributed by atoms with Gasteiger partial charge >= 0.3 is 77.2 Å². The van der Waals surface area contributed by atoms with Gasteiger partial charge in [-0.3, -0.25) is 39.6 Å². The molecule has 8 rings (SSSR count). The van der Waals surface area contributed by atoms with Crippen LogP contribution in [0.2, 0.25) is 0 Å². The Morgan fingerprint density at radius 3 is 0.768 bits per heavy atom. The van der Waals surface area contributed by atoms with Crippen LogP contribution in [0, 0.1) is 77.2 Å². The van der Waals surface area contributed by atoms with E-state index >= 15 is 0 Å². The summed E-state index contributed by atoms with van der Waals surface area (Å²) < 4.78 is 31.0. The second-order valence-electron chi connectivity index (χ2n) is 18.3. The number of hydrogen-bond donors (Lipinski definition) is 0. The molecule has 0 spiro atoms. The summed E-state index contributed by atoms with van der Waals surface area (Å²) in [7, 11) is 8.82. The molecule has 436 valence electrons. The minimum atomic E-state index is -0.285. The minimum absolute atomic E-state index is 0. The Morgan fingerprint density at radius 2 is 0.549 bits per heavy atom. The number of para-hydroxylation sites is 6. The fourth-order valence-corrected chi connectivity index (χ4v) is 9.56. The van der Waals surface area contributed by atoms with Gasteiger partial charge in [0.25, 0.3) is 0 Å². The van der Waals surface area contributed by atoms with Crippen LogP contribution in [0.3, 0.4) is 0 Å². The predicted molar refractivity (Wildman–Crippen MR) is 296 cm³/mol. The van der Waals surface area contributed by atoms with Gasteiger partial charge in [0.05, 0.1) is 81.2 Å². The van der Waals surface area contributed by atoms with Crippen molar-refractivity contribution in [3.05, 3.63) is 143 Å². The third-order valence-corrected chi connectivity index (χ3v) is 13.7. The van der Waals surface area contributed by atoms with Crippen LogP contribution in [0.5, 0.6) is 69.0 Å². The molecule has 6 aromatic carbocycles. The number of hydrogen-bond acceptors (Lipinski definition) is 20. The molecule has 0 aliphatic carbocycles. The number of methoxy groups -OCH3 is 6. The molecule has 0 radical (unpaired) electrons. The summed E-state index contributed by atoms with van der Waals surface area (Å²) >= 11 is 0. The van der Waals surface area contributed by atoms with E-state index in [1.165, 1.54) is 42.7 Å². The Hall–Kier alpha value is -5.99. The van der Waals surface area contributed by atoms with Gasteiger partial charge in [0, 0.05) is 77.2 Å². The van der Waals surface area contributed by atoms with Crippen molar-refractivity contribution in [2.75, 3.05) is 121 Å². The van der Waals surface area contributed by atoms with Crippen LogP contribution >= 0.6 is 0 Å². The normalized spacial score (nSPS) is 15.8. The van der Waals surface area contributed by atoms with Crippen LogP contribution < -0.4 is 59.1 Å². The molecule has 0 unspecified atom stereocenters. The van der Waals surface area contributed by atoms with Gasteiger partial charge in [-0.2, -0.15) is 0 Å². The van der Waals surface area contributed by atoms with Gasteiger partial charge in [0.1, 0.15) is 34.5 Å². The summed E-state index contributed by atoms with van der Waals surface area (Å²) in [6, 6.07) is 30.9. The van der Waals surface area contributed by atoms with Crippen molar-refractivity contribution in [2.24, 2.45) is 20.0 Å². The number of nitrogens with zero attached hydrogens (tertiary/aromatic N) is 8. The molecular weight excluding hydrogens is 1340 g/mol. The summed E-state index contributed by atoms with van der Waals surface area (Å²) in [4.78, 5) is 26.7. The quantitative estimate of drug-likeness (QED) is 0.0785. The van der Waals surface area contributed by atoms with Crippen LogP contribution in [-0.4, -0.2) is 166 Å². The molecule has 22 heteroatoms. The minimum Gasteiger partial charge on any atom is -0.870 e. The third-order valence-electron chi connectivity index (χ3n) is 13.7. The van der Waals surface area contributed by atoms with Crippen molar-refractivity contribution >= 4 is 24.9 Å². The van der Waals surface area contributed by atoms with E-state index < -0.39 is 0 Å². The molecule has 0 atom stereocenters. The number of rotatable bonds is 24. The maximum atomic E-state index is 13.2. The number of ether oxygens (including phenoxy) is 6. The first-order valence-electron chi connectivity index (χ1n) is 26.0. The van der Waals surface area contributed by atoms with Crippen molar-refractivity contribution in [2.45, 2.75) is 12.3 Å². The van der Waals surface area contributed by atoms with E-state index in [0.29, 0.717) is 97.2 Å². The molecule has 0 bridgehead atoms. The van der Waals surface area contributed by atoms with E-state index in [0.717, 1.165) is 26.2 Å². The first kappa shape index (κ1) is 66.8. The molecule has 0 amide bonds. The summed E-state index contributed by atoms with van der Waals surface area (Å²) in [5.74, 6) is 0.578. The van der Waals surface area contributed by atoms with Crippen LogP contribution in [0.15, 0.2) is 129 Å². The van der Waals surface area contributed by atoms with Crippen LogP contribution in [-0.2, 0) is 0 Å². The van der Waals surface area contributed by atoms with E-state index in [9.17, 15) is 30.6 Å². The zero-order valence-electron chi connectivity index (χ0n) is 46.5. The molecule has 6 aromatic rings. The molecular formula is C60H66N8O12Tb2. The molecule has 2 aliphatic heterocycles. The van der Waals surface area contributed by atoms with Crippen molar-refractivity contribution in [3.63, 3.8) is 0 Å². The van der Waals surface area contributed by atoms with Gasteiger partial charge in [0.2, 0.25) is 0 Å². The van der Waals surface area contributed by atoms with Crippen molar-refractivity contribution in [1.82, 2.24) is 19.6 Å². The van der Waals surface area contributed by atoms with Crippen molar-refractivity contribution in [3.8, 4) is 69.0 Å². The molecule has 0 aromatic heterocycles. The maximum Gasteiger partial charge on any atom is 3.00 e. The SMILES string of the molecule is COc1cccc(C=NCCN2CCN(CCN=Cc3cccc(OC)c3[O-])C2c2cccc(OC)c2[O-])c1[O-].COc1cccc(C=NCCN2CCN(CCN=Cc3cccc(OC)c3[O-])C2c2cccc(OC)c2[O-])c1[O-].[Tb+3].[Tb+3]. The average Bonchev–Trinajstić information content (AvgIpc) is 4.20. The standard InChI is InChI=1S/2C30H36N4O6.2Tb/c2*1-38-24-10-4-7-21(27(24)35)19-31-13-15-33-17-18-34(30(33)23-9-6-12-26(40-3)29(23)37)16-14-32-20-22-8-5-11-25(39-2)28(22)36;;/h2*4-12,19-20,30,35-37H,13-18H2,1-3H3;;/q;;2*+3/p-6. The molecule has 20 nitrogen and oxygen atoms in total. The van der Waals surface area contributed by atoms with Crippen LogP contribution in [0.4, 0.5) is 0 Å². The van der Waals surface area contributed by atoms with Gasteiger partial charge in [-0.25, -0.2) is 0 Å². The maximum absolute atomic E-state index is 13.2. The summed E-state index contributed by atoms with van der Waals surface area (Å²) in [5.41, 5.74) is 3.09. The predicted octanol–water partition coefficient (Wildman–Crippen LogP) is 3.58. The molecule has 0 N–H and O–H groups in total. The molecule has 2 fully saturated rings. The second kappa shape index (κ2) is 34.0. The summed E-state index contributed by atoms with van der Waals surface area (Å²) in [6.45, 7) is 7.02. The summed E-state index contributed by atoms with van der Waals surface area (Å²) in [6.07, 6.45) is 5.69. The Labute approximate surface area is 540 Å². The topological polar surface area (TPSA) is 256 Å². The van der Waals surface area contributed by atoms with E-state index in [1.807, 2.05) is 24.3 Å². The smallest absolute Gasteiger partial charge is 0.870 e. The fourth-order valence-electron chi connectivity index (χ4n) is 9.56.